The minimum atomic E-state index is -0.363. The first kappa shape index (κ1) is 28.7. The van der Waals surface area contributed by atoms with Gasteiger partial charge in [-0.3, -0.25) is 9.59 Å². The summed E-state index contributed by atoms with van der Waals surface area (Å²) in [6.07, 6.45) is 1.47. The number of halogens is 1. The standard InChI is InChI=1S/C32H26BrN5O3S/c1-21-7-5-6-10-27(21)36-30(39)19-41-29-16-15-25(33)17-24(29)18-34-38-31(40)23-13-11-22(12-14-23)28-20-42-32(37-28)35-26-8-3-2-4-9-26/h2-18,20H,19H2,1H3,(H,35,37)(H,36,39)(H,38,40)/b34-18+. The third kappa shape index (κ3) is 7.68. The lowest BCUT2D eigenvalue weighted by molar-refractivity contribution is -0.118. The molecule has 5 aromatic rings. The monoisotopic (exact) mass is 639 g/mol. The van der Waals surface area contributed by atoms with Gasteiger partial charge in [-0.25, -0.2) is 10.4 Å². The van der Waals surface area contributed by atoms with Crippen LogP contribution in [0.15, 0.2) is 112 Å². The molecular formula is C32H26BrN5O3S. The van der Waals surface area contributed by atoms with Crippen molar-refractivity contribution in [3.05, 3.63) is 124 Å². The molecule has 1 heterocycles. The SMILES string of the molecule is Cc1ccccc1NC(=O)COc1ccc(Br)cc1/C=N/NC(=O)c1ccc(-c2csc(Nc3ccccc3)n2)cc1. The number of carbonyl (C=O) groups excluding carboxylic acids is 2. The Balaban J connectivity index is 1.17. The first-order chi connectivity index (χ1) is 20.4. The van der Waals surface area contributed by atoms with Crippen LogP contribution in [0.1, 0.15) is 21.5 Å². The Bertz CT molecular complexity index is 1720. The number of thiazole rings is 1. The number of ether oxygens (including phenoxy) is 1. The van der Waals surface area contributed by atoms with Gasteiger partial charge in [-0.2, -0.15) is 5.10 Å². The van der Waals surface area contributed by atoms with E-state index >= 15 is 0 Å². The molecule has 1 aromatic heterocycles. The van der Waals surface area contributed by atoms with Gasteiger partial charge in [-0.15, -0.1) is 11.3 Å². The van der Waals surface area contributed by atoms with Gasteiger partial charge in [0.15, 0.2) is 11.7 Å². The fraction of sp³-hybridized carbons (Fsp3) is 0.0625. The number of benzene rings is 4. The second-order valence-corrected chi connectivity index (χ2v) is 10.9. The number of rotatable bonds is 10. The fourth-order valence-corrected chi connectivity index (χ4v) is 5.04. The Morgan fingerprint density at radius 1 is 0.976 bits per heavy atom. The Labute approximate surface area is 255 Å². The lowest BCUT2D eigenvalue weighted by atomic mass is 10.1. The van der Waals surface area contributed by atoms with Crippen LogP contribution in [0.25, 0.3) is 11.3 Å². The minimum absolute atomic E-state index is 0.182. The van der Waals surface area contributed by atoms with Crippen LogP contribution in [0, 0.1) is 6.92 Å². The molecule has 0 aliphatic rings. The summed E-state index contributed by atoms with van der Waals surface area (Å²) in [6, 6.07) is 29.8. The quantitative estimate of drug-likeness (QED) is 0.109. The Morgan fingerprint density at radius 3 is 2.52 bits per heavy atom. The smallest absolute Gasteiger partial charge is 0.271 e. The molecule has 0 atom stereocenters. The Kier molecular flexibility index (Phi) is 9.37. The molecule has 0 spiro atoms. The van der Waals surface area contributed by atoms with Crippen molar-refractivity contribution in [3.8, 4) is 17.0 Å². The molecule has 3 N–H and O–H groups in total. The zero-order chi connectivity index (χ0) is 29.3. The number of hydrogen-bond acceptors (Lipinski definition) is 7. The summed E-state index contributed by atoms with van der Waals surface area (Å²) in [6.45, 7) is 1.74. The van der Waals surface area contributed by atoms with Crippen molar-refractivity contribution in [2.45, 2.75) is 6.92 Å². The van der Waals surface area contributed by atoms with Crippen LogP contribution in [0.5, 0.6) is 5.75 Å². The van der Waals surface area contributed by atoms with Crippen molar-refractivity contribution in [2.24, 2.45) is 5.10 Å². The van der Waals surface area contributed by atoms with Gasteiger partial charge in [0, 0.05) is 37.9 Å². The van der Waals surface area contributed by atoms with E-state index in [9.17, 15) is 9.59 Å². The number of carbonyl (C=O) groups is 2. The van der Waals surface area contributed by atoms with E-state index < -0.39 is 0 Å². The molecule has 4 aromatic carbocycles. The average Bonchev–Trinajstić information content (AvgIpc) is 3.47. The zero-order valence-electron chi connectivity index (χ0n) is 22.5. The van der Waals surface area contributed by atoms with Gasteiger partial charge in [0.05, 0.1) is 11.9 Å². The Morgan fingerprint density at radius 2 is 1.74 bits per heavy atom. The van der Waals surface area contributed by atoms with Crippen molar-refractivity contribution in [1.29, 1.82) is 0 Å². The number of para-hydroxylation sites is 2. The Hall–Kier alpha value is -4.80. The predicted molar refractivity (Wildman–Crippen MR) is 172 cm³/mol. The van der Waals surface area contributed by atoms with Gasteiger partial charge < -0.3 is 15.4 Å². The third-order valence-electron chi connectivity index (χ3n) is 6.09. The van der Waals surface area contributed by atoms with Crippen LogP contribution >= 0.6 is 27.3 Å². The van der Waals surface area contributed by atoms with E-state index in [0.29, 0.717) is 16.9 Å². The van der Waals surface area contributed by atoms with Gasteiger partial charge in [0.2, 0.25) is 0 Å². The highest BCUT2D eigenvalue weighted by Crippen LogP contribution is 2.27. The summed E-state index contributed by atoms with van der Waals surface area (Å²) in [5.74, 6) is -0.198. The molecule has 5 rings (SSSR count). The van der Waals surface area contributed by atoms with Crippen molar-refractivity contribution in [3.63, 3.8) is 0 Å². The number of nitrogens with one attached hydrogen (secondary N) is 3. The molecule has 0 aliphatic heterocycles. The molecule has 0 fully saturated rings. The molecule has 0 saturated heterocycles. The number of amides is 2. The van der Waals surface area contributed by atoms with Crippen LogP contribution in [-0.2, 0) is 4.79 Å². The molecular weight excluding hydrogens is 614 g/mol. The number of nitrogens with zero attached hydrogens (tertiary/aromatic N) is 2. The average molecular weight is 641 g/mol. The summed E-state index contributed by atoms with van der Waals surface area (Å²) in [5, 5.41) is 13.0. The summed E-state index contributed by atoms with van der Waals surface area (Å²) in [4.78, 5) is 29.8. The summed E-state index contributed by atoms with van der Waals surface area (Å²) in [5.41, 5.74) is 7.96. The van der Waals surface area contributed by atoms with Crippen LogP contribution in [0.4, 0.5) is 16.5 Å². The third-order valence-corrected chi connectivity index (χ3v) is 7.34. The number of aromatic nitrogens is 1. The largest absolute Gasteiger partial charge is 0.483 e. The highest BCUT2D eigenvalue weighted by Gasteiger charge is 2.10. The van der Waals surface area contributed by atoms with Gasteiger partial charge in [-0.05, 0) is 61.0 Å². The van der Waals surface area contributed by atoms with Crippen LogP contribution in [-0.4, -0.2) is 29.6 Å². The molecule has 210 valence electrons. The molecule has 10 heteroatoms. The number of aryl methyl sites for hydroxylation is 1. The van der Waals surface area contributed by atoms with Crippen molar-refractivity contribution in [1.82, 2.24) is 10.4 Å². The maximum absolute atomic E-state index is 12.7. The number of hydrogen-bond donors (Lipinski definition) is 3. The maximum Gasteiger partial charge on any atom is 0.271 e. The fourth-order valence-electron chi connectivity index (χ4n) is 3.92. The first-order valence-electron chi connectivity index (χ1n) is 12.9. The van der Waals surface area contributed by atoms with E-state index in [-0.39, 0.29) is 18.4 Å². The highest BCUT2D eigenvalue weighted by atomic mass is 79.9. The van der Waals surface area contributed by atoms with Gasteiger partial charge in [0.25, 0.3) is 11.8 Å². The van der Waals surface area contributed by atoms with Crippen molar-refractivity contribution >= 4 is 61.8 Å². The maximum atomic E-state index is 12.7. The van der Waals surface area contributed by atoms with E-state index in [2.05, 4.69) is 42.1 Å². The van der Waals surface area contributed by atoms with Crippen LogP contribution < -0.4 is 20.8 Å². The summed E-state index contributed by atoms with van der Waals surface area (Å²) < 4.78 is 6.55. The molecule has 0 unspecified atom stereocenters. The molecule has 0 aliphatic carbocycles. The van der Waals surface area contributed by atoms with Gasteiger partial charge in [0.1, 0.15) is 5.75 Å². The lowest BCUT2D eigenvalue weighted by Gasteiger charge is -2.11. The van der Waals surface area contributed by atoms with Crippen LogP contribution in [0.3, 0.4) is 0 Å². The molecule has 8 nitrogen and oxygen atoms in total. The minimum Gasteiger partial charge on any atom is -0.483 e. The molecule has 0 bridgehead atoms. The second kappa shape index (κ2) is 13.7. The van der Waals surface area contributed by atoms with Gasteiger partial charge >= 0.3 is 0 Å². The normalized spacial score (nSPS) is 10.8. The van der Waals surface area contributed by atoms with Crippen LogP contribution in [0.2, 0.25) is 0 Å². The lowest BCUT2D eigenvalue weighted by Crippen LogP contribution is -2.21. The summed E-state index contributed by atoms with van der Waals surface area (Å²) >= 11 is 4.95. The highest BCUT2D eigenvalue weighted by molar-refractivity contribution is 9.10. The summed E-state index contributed by atoms with van der Waals surface area (Å²) in [7, 11) is 0. The van der Waals surface area contributed by atoms with E-state index in [4.69, 9.17) is 4.74 Å². The second-order valence-electron chi connectivity index (χ2n) is 9.14. The van der Waals surface area contributed by atoms with Crippen molar-refractivity contribution < 1.29 is 14.3 Å². The van der Waals surface area contributed by atoms with Crippen molar-refractivity contribution in [2.75, 3.05) is 17.2 Å². The molecule has 0 radical (unpaired) electrons. The molecule has 42 heavy (non-hydrogen) atoms. The first-order valence-corrected chi connectivity index (χ1v) is 14.6. The van der Waals surface area contributed by atoms with E-state index in [1.807, 2.05) is 79.0 Å². The number of anilines is 3. The van der Waals surface area contributed by atoms with E-state index in [1.54, 1.807) is 30.3 Å². The zero-order valence-corrected chi connectivity index (χ0v) is 24.9. The van der Waals surface area contributed by atoms with Gasteiger partial charge in [-0.1, -0.05) is 64.5 Å². The molecule has 2 amide bonds. The van der Waals surface area contributed by atoms with E-state index in [1.165, 1.54) is 17.6 Å². The number of hydrazone groups is 1. The van der Waals surface area contributed by atoms with E-state index in [0.717, 1.165) is 37.8 Å². The predicted octanol–water partition coefficient (Wildman–Crippen LogP) is 7.41. The molecule has 0 saturated carbocycles. The topological polar surface area (TPSA) is 105 Å².